The number of benzene rings is 1. The summed E-state index contributed by atoms with van der Waals surface area (Å²) >= 11 is 0. The van der Waals surface area contributed by atoms with E-state index in [0.29, 0.717) is 16.5 Å². The van der Waals surface area contributed by atoms with E-state index < -0.39 is 11.6 Å². The number of esters is 1. The molecule has 0 saturated heterocycles. The summed E-state index contributed by atoms with van der Waals surface area (Å²) in [4.78, 5) is 23.6. The molecular formula is C18H25NO4. The third-order valence-electron chi connectivity index (χ3n) is 2.96. The molecule has 0 spiro atoms. The molecule has 1 aromatic heterocycles. The number of rotatable bonds is 3. The fourth-order valence-corrected chi connectivity index (χ4v) is 2.20. The van der Waals surface area contributed by atoms with Crippen molar-refractivity contribution >= 4 is 22.7 Å². The summed E-state index contributed by atoms with van der Waals surface area (Å²) in [5.41, 5.74) is 0.589. The fourth-order valence-electron chi connectivity index (χ4n) is 2.20. The molecule has 0 amide bonds. The summed E-state index contributed by atoms with van der Waals surface area (Å²) in [6.45, 7) is 10.9. The summed E-state index contributed by atoms with van der Waals surface area (Å²) in [6.07, 6.45) is 1.62. The van der Waals surface area contributed by atoms with Gasteiger partial charge in [0.15, 0.2) is 5.78 Å². The van der Waals surface area contributed by atoms with Crippen LogP contribution in [0.5, 0.6) is 5.75 Å². The highest BCUT2D eigenvalue weighted by molar-refractivity contribution is 6.07. The molecule has 2 aromatic rings. The lowest BCUT2D eigenvalue weighted by Gasteiger charge is -2.19. The van der Waals surface area contributed by atoms with Gasteiger partial charge in [0, 0.05) is 23.2 Å². The van der Waals surface area contributed by atoms with E-state index in [0.717, 1.165) is 0 Å². The van der Waals surface area contributed by atoms with Crippen LogP contribution in [0.1, 0.15) is 51.9 Å². The second-order valence-corrected chi connectivity index (χ2v) is 6.01. The Kier molecular flexibility index (Phi) is 5.96. The fraction of sp³-hybridized carbons (Fsp3) is 0.444. The number of Topliss-reactive ketones (excluding diaryl/α,β-unsaturated/α-hetero) is 1. The van der Waals surface area contributed by atoms with Crippen molar-refractivity contribution in [2.75, 3.05) is 0 Å². The Morgan fingerprint density at radius 3 is 2.35 bits per heavy atom. The van der Waals surface area contributed by atoms with Gasteiger partial charge in [-0.3, -0.25) is 9.59 Å². The van der Waals surface area contributed by atoms with E-state index in [1.165, 1.54) is 19.1 Å². The Hall–Kier alpha value is -2.30. The number of ether oxygens (including phenoxy) is 1. The molecule has 0 fully saturated rings. The number of carbonyl (C=O) groups excluding carboxylic acids is 2. The highest BCUT2D eigenvalue weighted by atomic mass is 16.6. The number of aromatic hydroxyl groups is 1. The molecule has 126 valence electrons. The number of fused-ring (bicyclic) bond motifs is 1. The highest BCUT2D eigenvalue weighted by Crippen LogP contribution is 2.26. The van der Waals surface area contributed by atoms with Crippen LogP contribution in [0.2, 0.25) is 0 Å². The molecule has 0 bridgehead atoms. The highest BCUT2D eigenvalue weighted by Gasteiger charge is 2.19. The quantitative estimate of drug-likeness (QED) is 0.688. The van der Waals surface area contributed by atoms with Crippen molar-refractivity contribution in [1.29, 1.82) is 0 Å². The first-order chi connectivity index (χ1) is 10.7. The second-order valence-electron chi connectivity index (χ2n) is 6.01. The molecule has 2 rings (SSSR count). The Bertz CT molecular complexity index is 708. The summed E-state index contributed by atoms with van der Waals surface area (Å²) in [5.74, 6) is -0.396. The maximum absolute atomic E-state index is 11.9. The average molecular weight is 319 g/mol. The molecule has 1 heterocycles. The standard InChI is InChI=1S/C16H19NO4.C2H6/c1-10(18)13-8-17(9-15(20)21-16(2,3)4)14-7-11(19)5-6-12(13)14;1-2/h5-8,19H,9H2,1-4H3;1-2H3. The number of ketones is 1. The molecule has 0 aliphatic carbocycles. The predicted octanol–water partition coefficient (Wildman–Crippen LogP) is 3.92. The zero-order valence-corrected chi connectivity index (χ0v) is 14.6. The molecule has 0 atom stereocenters. The van der Waals surface area contributed by atoms with Crippen molar-refractivity contribution in [1.82, 2.24) is 4.57 Å². The molecule has 23 heavy (non-hydrogen) atoms. The molecule has 0 saturated carbocycles. The lowest BCUT2D eigenvalue weighted by atomic mass is 10.1. The van der Waals surface area contributed by atoms with Gasteiger partial charge in [-0.15, -0.1) is 0 Å². The normalized spacial score (nSPS) is 10.9. The molecule has 5 heteroatoms. The first-order valence-corrected chi connectivity index (χ1v) is 7.72. The van der Waals surface area contributed by atoms with Crippen molar-refractivity contribution in [2.45, 2.75) is 53.7 Å². The van der Waals surface area contributed by atoms with Crippen molar-refractivity contribution in [3.8, 4) is 5.75 Å². The van der Waals surface area contributed by atoms with Crippen molar-refractivity contribution in [3.63, 3.8) is 0 Å². The van der Waals surface area contributed by atoms with E-state index in [4.69, 9.17) is 4.74 Å². The lowest BCUT2D eigenvalue weighted by molar-refractivity contribution is -0.155. The number of phenols is 1. The first-order valence-electron chi connectivity index (χ1n) is 7.72. The smallest absolute Gasteiger partial charge is 0.326 e. The Labute approximate surface area is 136 Å². The number of hydrogen-bond acceptors (Lipinski definition) is 4. The van der Waals surface area contributed by atoms with Crippen LogP contribution in [0.25, 0.3) is 10.9 Å². The lowest BCUT2D eigenvalue weighted by Crippen LogP contribution is -2.26. The van der Waals surface area contributed by atoms with E-state index in [-0.39, 0.29) is 18.1 Å². The zero-order chi connectivity index (χ0) is 17.8. The van der Waals surface area contributed by atoms with Crippen LogP contribution >= 0.6 is 0 Å². The van der Waals surface area contributed by atoms with Crippen LogP contribution < -0.4 is 0 Å². The van der Waals surface area contributed by atoms with Gasteiger partial charge in [-0.2, -0.15) is 0 Å². The topological polar surface area (TPSA) is 68.5 Å². The predicted molar refractivity (Wildman–Crippen MR) is 90.8 cm³/mol. The molecule has 0 aliphatic heterocycles. The minimum Gasteiger partial charge on any atom is -0.508 e. The van der Waals surface area contributed by atoms with Crippen LogP contribution in [-0.2, 0) is 16.1 Å². The zero-order valence-electron chi connectivity index (χ0n) is 14.6. The number of aromatic nitrogens is 1. The number of carbonyl (C=O) groups is 2. The van der Waals surface area contributed by atoms with Crippen LogP contribution in [0.3, 0.4) is 0 Å². The van der Waals surface area contributed by atoms with E-state index in [2.05, 4.69) is 0 Å². The third-order valence-corrected chi connectivity index (χ3v) is 2.96. The van der Waals surface area contributed by atoms with Gasteiger partial charge in [-0.1, -0.05) is 13.8 Å². The SMILES string of the molecule is CC.CC(=O)c1cn(CC(=O)OC(C)(C)C)c2cc(O)ccc12. The van der Waals surface area contributed by atoms with Gasteiger partial charge in [0.05, 0.1) is 5.52 Å². The van der Waals surface area contributed by atoms with Crippen molar-refractivity contribution < 1.29 is 19.4 Å². The van der Waals surface area contributed by atoms with Crippen LogP contribution in [0.15, 0.2) is 24.4 Å². The Morgan fingerprint density at radius 2 is 1.83 bits per heavy atom. The largest absolute Gasteiger partial charge is 0.508 e. The summed E-state index contributed by atoms with van der Waals surface area (Å²) < 4.78 is 6.91. The minimum absolute atomic E-state index is 0.00942. The summed E-state index contributed by atoms with van der Waals surface area (Å²) in [7, 11) is 0. The molecule has 5 nitrogen and oxygen atoms in total. The monoisotopic (exact) mass is 319 g/mol. The van der Waals surface area contributed by atoms with Crippen molar-refractivity contribution in [2.24, 2.45) is 0 Å². The van der Waals surface area contributed by atoms with Gasteiger partial charge >= 0.3 is 5.97 Å². The maximum atomic E-state index is 11.9. The molecular weight excluding hydrogens is 294 g/mol. The third kappa shape index (κ3) is 4.84. The maximum Gasteiger partial charge on any atom is 0.326 e. The molecule has 1 N–H and O–H groups in total. The van der Waals surface area contributed by atoms with Crippen LogP contribution in [0.4, 0.5) is 0 Å². The van der Waals surface area contributed by atoms with Gasteiger partial charge in [-0.25, -0.2) is 0 Å². The van der Waals surface area contributed by atoms with Crippen molar-refractivity contribution in [3.05, 3.63) is 30.0 Å². The van der Waals surface area contributed by atoms with E-state index in [1.807, 2.05) is 13.8 Å². The van der Waals surface area contributed by atoms with Gasteiger partial charge in [0.2, 0.25) is 0 Å². The molecule has 0 unspecified atom stereocenters. The summed E-state index contributed by atoms with van der Waals surface area (Å²) in [5, 5.41) is 10.3. The van der Waals surface area contributed by atoms with Gasteiger partial charge < -0.3 is 14.4 Å². The average Bonchev–Trinajstić information content (AvgIpc) is 2.77. The van der Waals surface area contributed by atoms with Crippen LogP contribution in [-0.4, -0.2) is 27.0 Å². The van der Waals surface area contributed by atoms with E-state index in [9.17, 15) is 14.7 Å². The van der Waals surface area contributed by atoms with Gasteiger partial charge in [0.25, 0.3) is 0 Å². The van der Waals surface area contributed by atoms with E-state index in [1.54, 1.807) is 37.6 Å². The second kappa shape index (κ2) is 7.31. The van der Waals surface area contributed by atoms with Gasteiger partial charge in [-0.05, 0) is 39.8 Å². The van der Waals surface area contributed by atoms with Crippen LogP contribution in [0, 0.1) is 0 Å². The first kappa shape index (κ1) is 18.7. The van der Waals surface area contributed by atoms with E-state index >= 15 is 0 Å². The Morgan fingerprint density at radius 1 is 1.22 bits per heavy atom. The molecule has 0 aliphatic rings. The van der Waals surface area contributed by atoms with Gasteiger partial charge in [0.1, 0.15) is 17.9 Å². The number of nitrogens with zero attached hydrogens (tertiary/aromatic N) is 1. The minimum atomic E-state index is -0.564. The summed E-state index contributed by atoms with van der Waals surface area (Å²) in [6, 6.07) is 4.73. The molecule has 1 aromatic carbocycles. The Balaban J connectivity index is 0.00000127. The number of phenolic OH excluding ortho intramolecular Hbond substituents is 1. The number of hydrogen-bond donors (Lipinski definition) is 1. The molecule has 0 radical (unpaired) electrons.